The number of hydrogen-bond acceptors (Lipinski definition) is 2. The van der Waals surface area contributed by atoms with E-state index in [4.69, 9.17) is 0 Å². The van der Waals surface area contributed by atoms with Crippen molar-refractivity contribution < 1.29 is 12.9 Å². The first-order valence-electron chi connectivity index (χ1n) is 5.36. The highest BCUT2D eigenvalue weighted by Gasteiger charge is 2.32. The van der Waals surface area contributed by atoms with Crippen LogP contribution in [-0.2, 0) is 10.0 Å². The molecule has 1 saturated heterocycles. The SMILES string of the molecule is C=CC[N+]1(C)CCN(S(=O)(=O)CC)CC1. The molecule has 0 N–H and O–H groups in total. The minimum Gasteiger partial charge on any atom is -0.321 e. The Morgan fingerprint density at radius 3 is 2.33 bits per heavy atom. The van der Waals surface area contributed by atoms with Crippen LogP contribution in [0.5, 0.6) is 0 Å². The van der Waals surface area contributed by atoms with Gasteiger partial charge in [-0.3, -0.25) is 0 Å². The van der Waals surface area contributed by atoms with Crippen molar-refractivity contribution in [1.29, 1.82) is 0 Å². The lowest BCUT2D eigenvalue weighted by atomic mass is 10.3. The van der Waals surface area contributed by atoms with E-state index in [2.05, 4.69) is 13.6 Å². The summed E-state index contributed by atoms with van der Waals surface area (Å²) in [5, 5.41) is 0. The van der Waals surface area contributed by atoms with Gasteiger partial charge in [-0.05, 0) is 13.0 Å². The number of quaternary nitrogens is 1. The summed E-state index contributed by atoms with van der Waals surface area (Å²) in [6.45, 7) is 9.39. The lowest BCUT2D eigenvalue weighted by molar-refractivity contribution is -0.907. The van der Waals surface area contributed by atoms with Gasteiger partial charge >= 0.3 is 0 Å². The van der Waals surface area contributed by atoms with Gasteiger partial charge < -0.3 is 4.48 Å². The van der Waals surface area contributed by atoms with Crippen LogP contribution in [0.4, 0.5) is 0 Å². The Labute approximate surface area is 92.8 Å². The molecule has 0 bridgehead atoms. The van der Waals surface area contributed by atoms with Crippen LogP contribution in [0.1, 0.15) is 6.92 Å². The first kappa shape index (κ1) is 12.7. The summed E-state index contributed by atoms with van der Waals surface area (Å²) < 4.78 is 25.8. The molecule has 4 nitrogen and oxygen atoms in total. The average molecular weight is 233 g/mol. The molecule has 15 heavy (non-hydrogen) atoms. The van der Waals surface area contributed by atoms with Gasteiger partial charge in [-0.25, -0.2) is 8.42 Å². The summed E-state index contributed by atoms with van der Waals surface area (Å²) in [5.41, 5.74) is 0. The fraction of sp³-hybridized carbons (Fsp3) is 0.800. The minimum absolute atomic E-state index is 0.207. The average Bonchev–Trinajstić information content (AvgIpc) is 2.18. The molecule has 1 heterocycles. The van der Waals surface area contributed by atoms with Crippen LogP contribution < -0.4 is 0 Å². The molecular weight excluding hydrogens is 212 g/mol. The van der Waals surface area contributed by atoms with E-state index in [1.54, 1.807) is 11.2 Å². The topological polar surface area (TPSA) is 37.4 Å². The molecule has 1 fully saturated rings. The molecule has 0 aromatic carbocycles. The van der Waals surface area contributed by atoms with Gasteiger partial charge in [0.25, 0.3) is 0 Å². The third kappa shape index (κ3) is 3.03. The van der Waals surface area contributed by atoms with Crippen molar-refractivity contribution >= 4 is 10.0 Å². The van der Waals surface area contributed by atoms with E-state index < -0.39 is 10.0 Å². The summed E-state index contributed by atoms with van der Waals surface area (Å²) in [6.07, 6.45) is 1.91. The summed E-state index contributed by atoms with van der Waals surface area (Å²) in [5.74, 6) is 0.207. The Kier molecular flexibility index (Phi) is 3.92. The summed E-state index contributed by atoms with van der Waals surface area (Å²) in [7, 11) is -0.838. The Balaban J connectivity index is 2.60. The zero-order valence-electron chi connectivity index (χ0n) is 9.65. The summed E-state index contributed by atoms with van der Waals surface area (Å²) in [4.78, 5) is 0. The molecule has 1 rings (SSSR count). The molecule has 5 heteroatoms. The molecule has 0 unspecified atom stereocenters. The van der Waals surface area contributed by atoms with Gasteiger partial charge in [0.2, 0.25) is 10.0 Å². The normalized spacial score (nSPS) is 22.5. The van der Waals surface area contributed by atoms with Gasteiger partial charge in [-0.15, -0.1) is 0 Å². The smallest absolute Gasteiger partial charge is 0.214 e. The second-order valence-electron chi connectivity index (χ2n) is 4.34. The van der Waals surface area contributed by atoms with E-state index in [1.807, 2.05) is 6.08 Å². The zero-order valence-corrected chi connectivity index (χ0v) is 10.5. The molecule has 0 aromatic rings. The molecule has 0 spiro atoms. The molecule has 0 saturated carbocycles. The van der Waals surface area contributed by atoms with E-state index in [-0.39, 0.29) is 5.75 Å². The molecule has 0 amide bonds. The van der Waals surface area contributed by atoms with Gasteiger partial charge in [0, 0.05) is 0 Å². The summed E-state index contributed by atoms with van der Waals surface area (Å²) in [6, 6.07) is 0. The first-order chi connectivity index (χ1) is 6.93. The van der Waals surface area contributed by atoms with Crippen molar-refractivity contribution in [1.82, 2.24) is 4.31 Å². The molecule has 0 atom stereocenters. The number of hydrogen-bond donors (Lipinski definition) is 0. The second-order valence-corrected chi connectivity index (χ2v) is 6.60. The quantitative estimate of drug-likeness (QED) is 0.517. The maximum absolute atomic E-state index is 11.6. The van der Waals surface area contributed by atoms with Crippen molar-refractivity contribution in [2.24, 2.45) is 0 Å². The van der Waals surface area contributed by atoms with Crippen molar-refractivity contribution in [3.05, 3.63) is 12.7 Å². The van der Waals surface area contributed by atoms with E-state index in [1.165, 1.54) is 0 Å². The van der Waals surface area contributed by atoms with Crippen LogP contribution >= 0.6 is 0 Å². The Morgan fingerprint density at radius 2 is 1.93 bits per heavy atom. The fourth-order valence-corrected chi connectivity index (χ4v) is 2.97. The van der Waals surface area contributed by atoms with Gasteiger partial charge in [-0.2, -0.15) is 4.31 Å². The highest BCUT2D eigenvalue weighted by atomic mass is 32.2. The van der Waals surface area contributed by atoms with E-state index >= 15 is 0 Å². The highest BCUT2D eigenvalue weighted by molar-refractivity contribution is 7.89. The first-order valence-corrected chi connectivity index (χ1v) is 6.97. The maximum atomic E-state index is 11.6. The number of rotatable bonds is 4. The second kappa shape index (κ2) is 4.63. The fourth-order valence-electron chi connectivity index (χ4n) is 1.88. The highest BCUT2D eigenvalue weighted by Crippen LogP contribution is 2.13. The van der Waals surface area contributed by atoms with E-state index in [0.717, 1.165) is 24.1 Å². The van der Waals surface area contributed by atoms with Crippen LogP contribution in [0, 0.1) is 0 Å². The number of nitrogens with zero attached hydrogens (tertiary/aromatic N) is 2. The van der Waals surface area contributed by atoms with Crippen LogP contribution in [-0.4, -0.2) is 62.7 Å². The number of sulfonamides is 1. The van der Waals surface area contributed by atoms with Crippen molar-refractivity contribution in [2.75, 3.05) is 45.5 Å². The molecule has 1 aliphatic heterocycles. The molecule has 1 aliphatic rings. The monoisotopic (exact) mass is 233 g/mol. The molecule has 0 aromatic heterocycles. The Bertz CT molecular complexity index is 316. The van der Waals surface area contributed by atoms with Gasteiger partial charge in [-0.1, -0.05) is 6.58 Å². The van der Waals surface area contributed by atoms with Crippen molar-refractivity contribution in [3.63, 3.8) is 0 Å². The van der Waals surface area contributed by atoms with Crippen LogP contribution in [0.2, 0.25) is 0 Å². The van der Waals surface area contributed by atoms with Gasteiger partial charge in [0.1, 0.15) is 0 Å². The van der Waals surface area contributed by atoms with Crippen LogP contribution in [0.15, 0.2) is 12.7 Å². The summed E-state index contributed by atoms with van der Waals surface area (Å²) >= 11 is 0. The number of likely N-dealkylation sites (N-methyl/N-ethyl adjacent to an activating group) is 1. The molecular formula is C10H21N2O2S+. The largest absolute Gasteiger partial charge is 0.321 e. The van der Waals surface area contributed by atoms with E-state index in [0.29, 0.717) is 13.1 Å². The molecule has 88 valence electrons. The maximum Gasteiger partial charge on any atom is 0.214 e. The molecule has 0 aliphatic carbocycles. The van der Waals surface area contributed by atoms with Gasteiger partial charge in [0.05, 0.1) is 45.5 Å². The lowest BCUT2D eigenvalue weighted by Crippen LogP contribution is -2.58. The Hall–Kier alpha value is -0.390. The third-order valence-electron chi connectivity index (χ3n) is 3.11. The zero-order chi connectivity index (χ0) is 11.5. The third-order valence-corrected chi connectivity index (χ3v) is 4.99. The Morgan fingerprint density at radius 1 is 1.40 bits per heavy atom. The van der Waals surface area contributed by atoms with Crippen molar-refractivity contribution in [2.45, 2.75) is 6.92 Å². The predicted octanol–water partition coefficient (Wildman–Crippen LogP) is 0.284. The van der Waals surface area contributed by atoms with Crippen LogP contribution in [0.25, 0.3) is 0 Å². The van der Waals surface area contributed by atoms with Crippen LogP contribution in [0.3, 0.4) is 0 Å². The van der Waals surface area contributed by atoms with E-state index in [9.17, 15) is 8.42 Å². The van der Waals surface area contributed by atoms with Gasteiger partial charge in [0.15, 0.2) is 0 Å². The lowest BCUT2D eigenvalue weighted by Gasteiger charge is -2.40. The predicted molar refractivity (Wildman–Crippen MR) is 62.0 cm³/mol. The number of piperazine rings is 1. The van der Waals surface area contributed by atoms with Crippen molar-refractivity contribution in [3.8, 4) is 0 Å². The standard InChI is InChI=1S/C10H21N2O2S/c1-4-8-12(3)9-6-11(7-10-12)15(13,14)5-2/h4H,1,5-10H2,2-3H3/q+1. The molecule has 0 radical (unpaired) electrons. The minimum atomic E-state index is -2.99.